The molecule has 0 aromatic rings. The number of carbonyl (C=O) groups excluding carboxylic acids is 1. The lowest BCUT2D eigenvalue weighted by Crippen LogP contribution is -2.41. The molecule has 17 heavy (non-hydrogen) atoms. The summed E-state index contributed by atoms with van der Waals surface area (Å²) in [5.74, 6) is -1.48. The minimum absolute atomic E-state index is 0.00361. The van der Waals surface area contributed by atoms with Gasteiger partial charge in [-0.15, -0.1) is 4.91 Å². The van der Waals surface area contributed by atoms with Gasteiger partial charge in [-0.2, -0.15) is 0 Å². The summed E-state index contributed by atoms with van der Waals surface area (Å²) in [5.41, 5.74) is -1.68. The highest BCUT2D eigenvalue weighted by Gasteiger charge is 2.40. The Kier molecular flexibility index (Phi) is 4.86. The molecule has 1 atom stereocenters. The standard InChI is InChI=1S/C9H12F3NO4/c10-6(5-7(11)12)8(14)17-9(13-15)1-3-16-4-2-9/h6-7H,1-5H2. The van der Waals surface area contributed by atoms with Crippen LogP contribution in [-0.2, 0) is 14.3 Å². The molecule has 1 aliphatic heterocycles. The fourth-order valence-electron chi connectivity index (χ4n) is 1.41. The van der Waals surface area contributed by atoms with E-state index in [1.807, 2.05) is 0 Å². The predicted octanol–water partition coefficient (Wildman–Crippen LogP) is 1.80. The topological polar surface area (TPSA) is 65.0 Å². The van der Waals surface area contributed by atoms with Crippen LogP contribution in [0.25, 0.3) is 0 Å². The van der Waals surface area contributed by atoms with E-state index in [2.05, 4.69) is 9.91 Å². The van der Waals surface area contributed by atoms with E-state index in [4.69, 9.17) is 4.74 Å². The normalized spacial score (nSPS) is 20.9. The van der Waals surface area contributed by atoms with E-state index in [1.54, 1.807) is 0 Å². The number of alkyl halides is 3. The monoisotopic (exact) mass is 255 g/mol. The third-order valence-corrected chi connectivity index (χ3v) is 2.37. The molecule has 1 saturated heterocycles. The Morgan fingerprint density at radius 2 is 1.94 bits per heavy atom. The van der Waals surface area contributed by atoms with Crippen LogP contribution >= 0.6 is 0 Å². The summed E-state index contributed by atoms with van der Waals surface area (Å²) >= 11 is 0. The van der Waals surface area contributed by atoms with Crippen molar-refractivity contribution in [3.63, 3.8) is 0 Å². The van der Waals surface area contributed by atoms with Gasteiger partial charge in [0.1, 0.15) is 0 Å². The summed E-state index contributed by atoms with van der Waals surface area (Å²) in [4.78, 5) is 21.7. The molecule has 1 heterocycles. The Hall–Kier alpha value is -1.18. The molecule has 0 bridgehead atoms. The maximum absolute atomic E-state index is 13.0. The number of nitroso groups, excluding NO2 is 1. The van der Waals surface area contributed by atoms with E-state index in [-0.39, 0.29) is 26.1 Å². The van der Waals surface area contributed by atoms with Gasteiger partial charge in [0.2, 0.25) is 18.3 Å². The minimum Gasteiger partial charge on any atom is -0.431 e. The molecule has 0 aromatic heterocycles. The molecule has 1 rings (SSSR count). The van der Waals surface area contributed by atoms with Gasteiger partial charge in [0.25, 0.3) is 0 Å². The highest BCUT2D eigenvalue weighted by atomic mass is 19.3. The Labute approximate surface area is 95.2 Å². The van der Waals surface area contributed by atoms with Crippen molar-refractivity contribution in [2.45, 2.75) is 37.6 Å². The van der Waals surface area contributed by atoms with Gasteiger partial charge in [-0.05, 0) is 5.18 Å². The van der Waals surface area contributed by atoms with Crippen LogP contribution in [-0.4, -0.2) is 37.5 Å². The second-order valence-corrected chi connectivity index (χ2v) is 3.67. The fraction of sp³-hybridized carbons (Fsp3) is 0.889. The molecule has 0 amide bonds. The fourth-order valence-corrected chi connectivity index (χ4v) is 1.41. The summed E-state index contributed by atoms with van der Waals surface area (Å²) in [6.07, 6.45) is -6.64. The third kappa shape index (κ3) is 3.95. The molecule has 0 aliphatic carbocycles. The lowest BCUT2D eigenvalue weighted by Gasteiger charge is -2.30. The van der Waals surface area contributed by atoms with Gasteiger partial charge >= 0.3 is 5.97 Å². The van der Waals surface area contributed by atoms with Gasteiger partial charge in [-0.1, -0.05) is 0 Å². The van der Waals surface area contributed by atoms with E-state index in [1.165, 1.54) is 0 Å². The summed E-state index contributed by atoms with van der Waals surface area (Å²) in [6.45, 7) is 0.287. The number of halogens is 3. The lowest BCUT2D eigenvalue weighted by molar-refractivity contribution is -0.175. The second-order valence-electron chi connectivity index (χ2n) is 3.67. The zero-order chi connectivity index (χ0) is 12.9. The predicted molar refractivity (Wildman–Crippen MR) is 50.2 cm³/mol. The number of esters is 1. The van der Waals surface area contributed by atoms with E-state index in [9.17, 15) is 22.9 Å². The summed E-state index contributed by atoms with van der Waals surface area (Å²) in [6, 6.07) is 0. The van der Waals surface area contributed by atoms with Crippen molar-refractivity contribution in [2.24, 2.45) is 5.18 Å². The summed E-state index contributed by atoms with van der Waals surface area (Å²) in [7, 11) is 0. The summed E-state index contributed by atoms with van der Waals surface area (Å²) in [5, 5.41) is 2.65. The minimum atomic E-state index is -2.95. The van der Waals surface area contributed by atoms with E-state index < -0.39 is 30.7 Å². The molecule has 1 unspecified atom stereocenters. The van der Waals surface area contributed by atoms with Crippen molar-refractivity contribution in [2.75, 3.05) is 13.2 Å². The van der Waals surface area contributed by atoms with Gasteiger partial charge in [0.05, 0.1) is 19.6 Å². The van der Waals surface area contributed by atoms with Crippen LogP contribution in [0.4, 0.5) is 13.2 Å². The Morgan fingerprint density at radius 1 is 1.35 bits per heavy atom. The molecule has 0 spiro atoms. The van der Waals surface area contributed by atoms with Crippen LogP contribution in [0.2, 0.25) is 0 Å². The van der Waals surface area contributed by atoms with Crippen molar-refractivity contribution in [3.8, 4) is 0 Å². The van der Waals surface area contributed by atoms with E-state index in [0.717, 1.165) is 0 Å². The number of rotatable bonds is 5. The Balaban J connectivity index is 2.55. The Morgan fingerprint density at radius 3 is 2.41 bits per heavy atom. The first-order valence-corrected chi connectivity index (χ1v) is 5.06. The lowest BCUT2D eigenvalue weighted by atomic mass is 10.1. The molecule has 0 saturated carbocycles. The number of hydrogen-bond donors (Lipinski definition) is 0. The van der Waals surface area contributed by atoms with Gasteiger partial charge in [0, 0.05) is 12.8 Å². The maximum atomic E-state index is 13.0. The van der Waals surface area contributed by atoms with Gasteiger partial charge in [0.15, 0.2) is 0 Å². The molecule has 98 valence electrons. The molecule has 0 aromatic carbocycles. The van der Waals surface area contributed by atoms with Crippen molar-refractivity contribution in [1.82, 2.24) is 0 Å². The zero-order valence-electron chi connectivity index (χ0n) is 8.90. The van der Waals surface area contributed by atoms with Crippen LogP contribution in [0.5, 0.6) is 0 Å². The molecule has 8 heteroatoms. The molecule has 0 N–H and O–H groups in total. The SMILES string of the molecule is O=NC1(OC(=O)C(F)CC(F)F)CCOCC1. The van der Waals surface area contributed by atoms with Crippen LogP contribution in [0, 0.1) is 4.91 Å². The van der Waals surface area contributed by atoms with E-state index >= 15 is 0 Å². The van der Waals surface area contributed by atoms with Gasteiger partial charge < -0.3 is 9.47 Å². The maximum Gasteiger partial charge on any atom is 0.343 e. The highest BCUT2D eigenvalue weighted by Crippen LogP contribution is 2.27. The molecular weight excluding hydrogens is 243 g/mol. The molecule has 1 aliphatic rings. The van der Waals surface area contributed by atoms with Crippen molar-refractivity contribution in [3.05, 3.63) is 4.91 Å². The van der Waals surface area contributed by atoms with Crippen LogP contribution < -0.4 is 0 Å². The first-order valence-electron chi connectivity index (χ1n) is 5.06. The first kappa shape index (κ1) is 13.9. The highest BCUT2D eigenvalue weighted by molar-refractivity contribution is 5.75. The van der Waals surface area contributed by atoms with Gasteiger partial charge in [-0.3, -0.25) is 0 Å². The average molecular weight is 255 g/mol. The molecular formula is C9H12F3NO4. The third-order valence-electron chi connectivity index (χ3n) is 2.37. The molecule has 5 nitrogen and oxygen atoms in total. The van der Waals surface area contributed by atoms with Crippen LogP contribution in [0.3, 0.4) is 0 Å². The Bertz CT molecular complexity index is 281. The average Bonchev–Trinajstić information content (AvgIpc) is 2.29. The van der Waals surface area contributed by atoms with Crippen molar-refractivity contribution in [1.29, 1.82) is 0 Å². The number of ether oxygens (including phenoxy) is 2. The van der Waals surface area contributed by atoms with Crippen LogP contribution in [0.1, 0.15) is 19.3 Å². The quantitative estimate of drug-likeness (QED) is 0.555. The van der Waals surface area contributed by atoms with Gasteiger partial charge in [-0.25, -0.2) is 18.0 Å². The number of nitrogens with zero attached hydrogens (tertiary/aromatic N) is 1. The number of hydrogen-bond acceptors (Lipinski definition) is 5. The molecule has 0 radical (unpaired) electrons. The van der Waals surface area contributed by atoms with Crippen LogP contribution in [0.15, 0.2) is 5.18 Å². The van der Waals surface area contributed by atoms with E-state index in [0.29, 0.717) is 0 Å². The summed E-state index contributed by atoms with van der Waals surface area (Å²) < 4.78 is 46.2. The first-order chi connectivity index (χ1) is 7.99. The second kappa shape index (κ2) is 5.95. The smallest absolute Gasteiger partial charge is 0.343 e. The number of carbonyl (C=O) groups is 1. The van der Waals surface area contributed by atoms with Crippen molar-refractivity contribution < 1.29 is 27.4 Å². The molecule has 1 fully saturated rings. The zero-order valence-corrected chi connectivity index (χ0v) is 8.90. The van der Waals surface area contributed by atoms with Crippen molar-refractivity contribution >= 4 is 5.97 Å². The largest absolute Gasteiger partial charge is 0.431 e.